The summed E-state index contributed by atoms with van der Waals surface area (Å²) >= 11 is 11.8. The average Bonchev–Trinajstić information content (AvgIpc) is 2.99. The van der Waals surface area contributed by atoms with Crippen molar-refractivity contribution in [1.29, 1.82) is 0 Å². The predicted molar refractivity (Wildman–Crippen MR) is 110 cm³/mol. The lowest BCUT2D eigenvalue weighted by molar-refractivity contribution is -0.115. The molecular formula is C18H17Cl2N3O4S. The van der Waals surface area contributed by atoms with Gasteiger partial charge in [-0.1, -0.05) is 23.2 Å². The predicted octanol–water partition coefficient (Wildman–Crippen LogP) is 2.90. The van der Waals surface area contributed by atoms with Gasteiger partial charge in [-0.2, -0.15) is 0 Å². The molecule has 0 aliphatic carbocycles. The van der Waals surface area contributed by atoms with E-state index in [-0.39, 0.29) is 22.9 Å². The van der Waals surface area contributed by atoms with E-state index >= 15 is 0 Å². The van der Waals surface area contributed by atoms with Crippen LogP contribution in [0.2, 0.25) is 10.0 Å². The smallest absolute Gasteiger partial charge is 0.253 e. The van der Waals surface area contributed by atoms with E-state index in [1.165, 1.54) is 22.5 Å². The third-order valence-corrected chi connectivity index (χ3v) is 6.54. The van der Waals surface area contributed by atoms with E-state index in [1.807, 2.05) is 0 Å². The number of anilines is 2. The molecule has 0 radical (unpaired) electrons. The maximum atomic E-state index is 12.1. The number of sulfonamides is 1. The molecule has 1 saturated heterocycles. The van der Waals surface area contributed by atoms with Gasteiger partial charge in [0.1, 0.15) is 0 Å². The Bertz CT molecular complexity index is 1010. The van der Waals surface area contributed by atoms with Crippen LogP contribution in [0.15, 0.2) is 42.5 Å². The summed E-state index contributed by atoms with van der Waals surface area (Å²) in [4.78, 5) is 24.2. The van der Waals surface area contributed by atoms with Gasteiger partial charge in [0.15, 0.2) is 0 Å². The van der Waals surface area contributed by atoms with E-state index in [1.54, 1.807) is 24.3 Å². The first-order valence-electron chi connectivity index (χ1n) is 8.40. The minimum absolute atomic E-state index is 0.142. The third kappa shape index (κ3) is 4.76. The molecule has 1 aliphatic rings. The second kappa shape index (κ2) is 8.38. The maximum absolute atomic E-state index is 12.1. The van der Waals surface area contributed by atoms with Gasteiger partial charge >= 0.3 is 0 Å². The first kappa shape index (κ1) is 20.4. The lowest BCUT2D eigenvalue weighted by Crippen LogP contribution is -2.33. The number of carbonyl (C=O) groups excluding carboxylic acids is 2. The molecule has 1 heterocycles. The maximum Gasteiger partial charge on any atom is 0.253 e. The quantitative estimate of drug-likeness (QED) is 0.745. The van der Waals surface area contributed by atoms with E-state index in [0.717, 1.165) is 0 Å². The van der Waals surface area contributed by atoms with Crippen molar-refractivity contribution < 1.29 is 18.0 Å². The minimum Gasteiger partial charge on any atom is -0.343 e. The van der Waals surface area contributed by atoms with Crippen molar-refractivity contribution in [2.24, 2.45) is 0 Å². The Balaban J connectivity index is 1.55. The Morgan fingerprint density at radius 1 is 1.07 bits per heavy atom. The lowest BCUT2D eigenvalue weighted by Gasteiger charge is -2.17. The molecule has 0 spiro atoms. The first-order chi connectivity index (χ1) is 13.3. The average molecular weight is 442 g/mol. The van der Waals surface area contributed by atoms with E-state index in [0.29, 0.717) is 29.4 Å². The molecule has 0 bridgehead atoms. The second-order valence-corrected chi connectivity index (χ2v) is 9.00. The summed E-state index contributed by atoms with van der Waals surface area (Å²) in [6, 6.07) is 10.9. The first-order valence-corrected chi connectivity index (χ1v) is 10.8. The van der Waals surface area contributed by atoms with Gasteiger partial charge in [-0.3, -0.25) is 13.9 Å². The molecule has 148 valence electrons. The number of amides is 2. The molecule has 28 heavy (non-hydrogen) atoms. The monoisotopic (exact) mass is 441 g/mol. The summed E-state index contributed by atoms with van der Waals surface area (Å²) < 4.78 is 25.2. The number of hydrogen-bond acceptors (Lipinski definition) is 4. The molecule has 7 nitrogen and oxygen atoms in total. The Morgan fingerprint density at radius 3 is 2.39 bits per heavy atom. The zero-order chi connectivity index (χ0) is 20.3. The zero-order valence-corrected chi connectivity index (χ0v) is 16.9. The molecule has 0 unspecified atom stereocenters. The summed E-state index contributed by atoms with van der Waals surface area (Å²) in [5.74, 6) is -0.783. The fourth-order valence-corrected chi connectivity index (χ4v) is 4.83. The number of halogens is 2. The number of carbonyl (C=O) groups is 2. The van der Waals surface area contributed by atoms with Gasteiger partial charge in [0.2, 0.25) is 15.9 Å². The highest BCUT2D eigenvalue weighted by Crippen LogP contribution is 2.25. The molecule has 0 atom stereocenters. The van der Waals surface area contributed by atoms with Crippen LogP contribution in [0, 0.1) is 0 Å². The number of benzene rings is 2. The van der Waals surface area contributed by atoms with Gasteiger partial charge in [0.25, 0.3) is 5.91 Å². The molecule has 2 amide bonds. The van der Waals surface area contributed by atoms with Crippen molar-refractivity contribution in [1.82, 2.24) is 5.32 Å². The van der Waals surface area contributed by atoms with E-state index in [9.17, 15) is 18.0 Å². The molecule has 1 aliphatic heterocycles. The molecule has 2 N–H and O–H groups in total. The van der Waals surface area contributed by atoms with Crippen LogP contribution in [-0.2, 0) is 14.8 Å². The molecule has 1 fully saturated rings. The molecule has 3 rings (SSSR count). The summed E-state index contributed by atoms with van der Waals surface area (Å²) in [5.41, 5.74) is 1.26. The molecule has 2 aromatic rings. The van der Waals surface area contributed by atoms with Crippen molar-refractivity contribution in [3.8, 4) is 0 Å². The Hall–Kier alpha value is -2.29. The van der Waals surface area contributed by atoms with Crippen molar-refractivity contribution in [2.45, 2.75) is 6.42 Å². The van der Waals surface area contributed by atoms with Crippen molar-refractivity contribution in [3.63, 3.8) is 0 Å². The number of nitrogens with one attached hydrogen (secondary N) is 2. The SMILES string of the molecule is O=C(CNC(=O)c1ccc(Cl)cc1Cl)Nc1ccc(N2CCCS2(=O)=O)cc1. The molecule has 2 aromatic carbocycles. The third-order valence-electron chi connectivity index (χ3n) is 4.12. The van der Waals surface area contributed by atoms with Crippen LogP contribution in [0.5, 0.6) is 0 Å². The summed E-state index contributed by atoms with van der Waals surface area (Å²) in [6.45, 7) is 0.202. The van der Waals surface area contributed by atoms with Crippen molar-refractivity contribution in [2.75, 3.05) is 28.5 Å². The molecule has 0 aromatic heterocycles. The van der Waals surface area contributed by atoms with Crippen LogP contribution < -0.4 is 14.9 Å². The minimum atomic E-state index is -3.25. The fourth-order valence-electron chi connectivity index (χ4n) is 2.78. The van der Waals surface area contributed by atoms with Crippen LogP contribution in [-0.4, -0.2) is 39.1 Å². The topological polar surface area (TPSA) is 95.6 Å². The van der Waals surface area contributed by atoms with Gasteiger partial charge in [-0.15, -0.1) is 0 Å². The normalized spacial score (nSPS) is 15.3. The van der Waals surface area contributed by atoms with E-state index in [4.69, 9.17) is 23.2 Å². The van der Waals surface area contributed by atoms with Crippen LogP contribution in [0.25, 0.3) is 0 Å². The highest BCUT2D eigenvalue weighted by Gasteiger charge is 2.28. The number of nitrogens with zero attached hydrogens (tertiary/aromatic N) is 1. The second-order valence-electron chi connectivity index (χ2n) is 6.14. The van der Waals surface area contributed by atoms with Crippen LogP contribution in [0.1, 0.15) is 16.8 Å². The summed E-state index contributed by atoms with van der Waals surface area (Å²) in [7, 11) is -3.25. The molecular weight excluding hydrogens is 425 g/mol. The van der Waals surface area contributed by atoms with Gasteiger partial charge in [0.05, 0.1) is 28.6 Å². The Kier molecular flexibility index (Phi) is 6.12. The fraction of sp³-hybridized carbons (Fsp3) is 0.222. The summed E-state index contributed by atoms with van der Waals surface area (Å²) in [5, 5.41) is 5.71. The van der Waals surface area contributed by atoms with Gasteiger partial charge in [-0.05, 0) is 48.9 Å². The summed E-state index contributed by atoms with van der Waals surface area (Å²) in [6.07, 6.45) is 0.595. The van der Waals surface area contributed by atoms with Crippen LogP contribution >= 0.6 is 23.2 Å². The van der Waals surface area contributed by atoms with Crippen molar-refractivity contribution in [3.05, 3.63) is 58.1 Å². The number of rotatable bonds is 5. The van der Waals surface area contributed by atoms with Crippen LogP contribution in [0.4, 0.5) is 11.4 Å². The Labute approximate surface area is 172 Å². The van der Waals surface area contributed by atoms with Crippen LogP contribution in [0.3, 0.4) is 0 Å². The highest BCUT2D eigenvalue weighted by atomic mass is 35.5. The lowest BCUT2D eigenvalue weighted by atomic mass is 10.2. The number of hydrogen-bond donors (Lipinski definition) is 2. The standard InChI is InChI=1S/C18H17Cl2N3O4S/c19-12-2-7-15(16(20)10-12)18(25)21-11-17(24)22-13-3-5-14(6-4-13)23-8-1-9-28(23,26)27/h2-7,10H,1,8-9,11H2,(H,21,25)(H,22,24). The van der Waals surface area contributed by atoms with E-state index < -0.39 is 21.8 Å². The molecule has 10 heteroatoms. The van der Waals surface area contributed by atoms with Gasteiger partial charge in [0, 0.05) is 17.3 Å². The van der Waals surface area contributed by atoms with Crippen molar-refractivity contribution >= 4 is 56.4 Å². The highest BCUT2D eigenvalue weighted by molar-refractivity contribution is 7.93. The molecule has 0 saturated carbocycles. The van der Waals surface area contributed by atoms with E-state index in [2.05, 4.69) is 10.6 Å². The van der Waals surface area contributed by atoms with Gasteiger partial charge in [-0.25, -0.2) is 8.42 Å². The largest absolute Gasteiger partial charge is 0.343 e. The zero-order valence-electron chi connectivity index (χ0n) is 14.6. The Morgan fingerprint density at radius 2 is 1.79 bits per heavy atom. The van der Waals surface area contributed by atoms with Gasteiger partial charge < -0.3 is 10.6 Å².